The highest BCUT2D eigenvalue weighted by Gasteiger charge is 2.38. The maximum atomic E-state index is 13.6. The van der Waals surface area contributed by atoms with Crippen molar-refractivity contribution in [1.29, 1.82) is 0 Å². The summed E-state index contributed by atoms with van der Waals surface area (Å²) in [6, 6.07) is 2.34. The Hall–Kier alpha value is -1.58. The molecule has 9 heteroatoms. The second kappa shape index (κ2) is 6.04. The fourth-order valence-electron chi connectivity index (χ4n) is 2.48. The van der Waals surface area contributed by atoms with Crippen molar-refractivity contribution < 1.29 is 22.8 Å². The molecule has 21 heavy (non-hydrogen) atoms. The summed E-state index contributed by atoms with van der Waals surface area (Å²) in [5, 5.41) is 20.2. The van der Waals surface area contributed by atoms with Crippen molar-refractivity contribution in [3.63, 3.8) is 0 Å². The van der Waals surface area contributed by atoms with E-state index in [0.717, 1.165) is 28.9 Å². The fraction of sp³-hybridized carbons (Fsp3) is 0.500. The minimum Gasteiger partial charge on any atom is -0.395 e. The van der Waals surface area contributed by atoms with Gasteiger partial charge in [0.2, 0.25) is 15.8 Å². The van der Waals surface area contributed by atoms with Gasteiger partial charge in [-0.1, -0.05) is 12.5 Å². The topological polar surface area (TPSA) is 101 Å². The molecule has 1 heterocycles. The van der Waals surface area contributed by atoms with Crippen LogP contribution in [0.5, 0.6) is 0 Å². The van der Waals surface area contributed by atoms with E-state index in [1.807, 2.05) is 0 Å². The van der Waals surface area contributed by atoms with Gasteiger partial charge in [0.25, 0.3) is 0 Å². The van der Waals surface area contributed by atoms with Crippen molar-refractivity contribution >= 4 is 15.7 Å². The zero-order valence-corrected chi connectivity index (χ0v) is 11.9. The highest BCUT2D eigenvalue weighted by Crippen LogP contribution is 2.32. The highest BCUT2D eigenvalue weighted by atomic mass is 32.2. The van der Waals surface area contributed by atoms with Crippen LogP contribution in [-0.2, 0) is 10.0 Å². The number of rotatable bonds is 4. The molecule has 1 saturated heterocycles. The number of hydrogen-bond acceptors (Lipinski definition) is 5. The lowest BCUT2D eigenvalue weighted by molar-refractivity contribution is -0.390. The van der Waals surface area contributed by atoms with Crippen molar-refractivity contribution in [2.24, 2.45) is 0 Å². The zero-order chi connectivity index (χ0) is 15.6. The molecule has 116 valence electrons. The van der Waals surface area contributed by atoms with Gasteiger partial charge in [-0.05, 0) is 25.0 Å². The third kappa shape index (κ3) is 2.89. The van der Waals surface area contributed by atoms with E-state index < -0.39 is 37.4 Å². The van der Waals surface area contributed by atoms with Crippen LogP contribution in [0.25, 0.3) is 0 Å². The van der Waals surface area contributed by atoms with Crippen LogP contribution < -0.4 is 0 Å². The van der Waals surface area contributed by atoms with Gasteiger partial charge in [0.05, 0.1) is 11.5 Å². The standard InChI is InChI=1S/C12H15FN2O5S/c13-10-5-3-6-11(12(10)15(17)18)21(19,20)14-7-2-1-4-9(14)8-16/h3,5-6,9,16H,1-2,4,7-8H2. The fourth-order valence-corrected chi connectivity index (χ4v) is 4.33. The number of aliphatic hydroxyl groups is 1. The Kier molecular flexibility index (Phi) is 4.55. The van der Waals surface area contributed by atoms with Gasteiger partial charge in [0, 0.05) is 12.6 Å². The molecule has 0 radical (unpaired) electrons. The number of sulfonamides is 1. The van der Waals surface area contributed by atoms with Crippen molar-refractivity contribution in [2.75, 3.05) is 13.2 Å². The van der Waals surface area contributed by atoms with Gasteiger partial charge >= 0.3 is 5.69 Å². The molecule has 1 aliphatic rings. The molecule has 1 N–H and O–H groups in total. The molecule has 2 rings (SSSR count). The van der Waals surface area contributed by atoms with Gasteiger partial charge in [-0.25, -0.2) is 8.42 Å². The second-order valence-corrected chi connectivity index (χ2v) is 6.65. The molecule has 0 amide bonds. The van der Waals surface area contributed by atoms with E-state index >= 15 is 0 Å². The van der Waals surface area contributed by atoms with Crippen LogP contribution in [-0.4, -0.2) is 41.9 Å². The smallest absolute Gasteiger partial charge is 0.324 e. The van der Waals surface area contributed by atoms with Gasteiger partial charge in [-0.2, -0.15) is 8.70 Å². The maximum Gasteiger partial charge on any atom is 0.324 e. The van der Waals surface area contributed by atoms with E-state index in [-0.39, 0.29) is 13.2 Å². The number of hydrogen-bond donors (Lipinski definition) is 1. The summed E-state index contributed by atoms with van der Waals surface area (Å²) in [6.45, 7) is -0.219. The molecule has 1 aliphatic heterocycles. The molecule has 1 aromatic rings. The first kappa shape index (κ1) is 15.8. The summed E-state index contributed by atoms with van der Waals surface area (Å²) < 4.78 is 39.8. The maximum absolute atomic E-state index is 13.6. The van der Waals surface area contributed by atoms with Crippen LogP contribution in [0.4, 0.5) is 10.1 Å². The number of para-hydroxylation sites is 1. The molecule has 0 bridgehead atoms. The summed E-state index contributed by atoms with van der Waals surface area (Å²) >= 11 is 0. The molecule has 1 fully saturated rings. The zero-order valence-electron chi connectivity index (χ0n) is 11.1. The number of piperidine rings is 1. The van der Waals surface area contributed by atoms with Crippen molar-refractivity contribution in [3.8, 4) is 0 Å². The Labute approximate surface area is 121 Å². The van der Waals surface area contributed by atoms with Crippen LogP contribution in [0.3, 0.4) is 0 Å². The lowest BCUT2D eigenvalue weighted by Crippen LogP contribution is -2.45. The van der Waals surface area contributed by atoms with E-state index in [9.17, 15) is 28.0 Å². The quantitative estimate of drug-likeness (QED) is 0.665. The van der Waals surface area contributed by atoms with E-state index in [1.54, 1.807) is 0 Å². The lowest BCUT2D eigenvalue weighted by Gasteiger charge is -2.33. The Morgan fingerprint density at radius 3 is 2.76 bits per heavy atom. The minimum absolute atomic E-state index is 0.154. The largest absolute Gasteiger partial charge is 0.395 e. The first-order valence-electron chi connectivity index (χ1n) is 6.45. The summed E-state index contributed by atoms with van der Waals surface area (Å²) in [6.07, 6.45) is 1.83. The Morgan fingerprint density at radius 2 is 2.14 bits per heavy atom. The summed E-state index contributed by atoms with van der Waals surface area (Å²) in [4.78, 5) is 9.24. The molecule has 0 aliphatic carbocycles. The van der Waals surface area contributed by atoms with Gasteiger partial charge in [0.1, 0.15) is 0 Å². The third-order valence-corrected chi connectivity index (χ3v) is 5.49. The third-order valence-electron chi connectivity index (χ3n) is 3.50. The first-order valence-corrected chi connectivity index (χ1v) is 7.89. The van der Waals surface area contributed by atoms with E-state index in [0.29, 0.717) is 12.8 Å². The van der Waals surface area contributed by atoms with Crippen molar-refractivity contribution in [3.05, 3.63) is 34.1 Å². The average Bonchev–Trinajstić information content (AvgIpc) is 2.46. The molecule has 7 nitrogen and oxygen atoms in total. The molecule has 1 unspecified atom stereocenters. The van der Waals surface area contributed by atoms with Crippen molar-refractivity contribution in [1.82, 2.24) is 4.31 Å². The first-order chi connectivity index (χ1) is 9.89. The van der Waals surface area contributed by atoms with Crippen LogP contribution in [0.15, 0.2) is 23.1 Å². The molecular formula is C12H15FN2O5S. The predicted octanol–water partition coefficient (Wildman–Crippen LogP) is 1.27. The van der Waals surface area contributed by atoms with Gasteiger partial charge in [-0.3, -0.25) is 10.1 Å². The molecular weight excluding hydrogens is 303 g/mol. The number of nitro benzene ring substituents is 1. The molecule has 0 saturated carbocycles. The van der Waals surface area contributed by atoms with Crippen LogP contribution in [0.1, 0.15) is 19.3 Å². The van der Waals surface area contributed by atoms with E-state index in [2.05, 4.69) is 0 Å². The van der Waals surface area contributed by atoms with E-state index in [4.69, 9.17) is 0 Å². The Balaban J connectivity index is 2.54. The van der Waals surface area contributed by atoms with Crippen LogP contribution in [0.2, 0.25) is 0 Å². The summed E-state index contributed by atoms with van der Waals surface area (Å²) in [5.41, 5.74) is -1.06. The van der Waals surface area contributed by atoms with Gasteiger partial charge < -0.3 is 5.11 Å². The number of benzene rings is 1. The predicted molar refractivity (Wildman–Crippen MR) is 71.7 cm³/mol. The second-order valence-electron chi connectivity index (χ2n) is 4.79. The minimum atomic E-state index is -4.23. The average molecular weight is 318 g/mol. The molecule has 1 aromatic carbocycles. The van der Waals surface area contributed by atoms with Gasteiger partial charge in [-0.15, -0.1) is 0 Å². The number of nitrogens with zero attached hydrogens (tertiary/aromatic N) is 2. The van der Waals surface area contributed by atoms with Crippen LogP contribution >= 0.6 is 0 Å². The number of nitro groups is 1. The van der Waals surface area contributed by atoms with Gasteiger partial charge in [0.15, 0.2) is 4.90 Å². The van der Waals surface area contributed by atoms with E-state index in [1.165, 1.54) is 0 Å². The lowest BCUT2D eigenvalue weighted by atomic mass is 10.1. The van der Waals surface area contributed by atoms with Crippen LogP contribution in [0, 0.1) is 15.9 Å². The highest BCUT2D eigenvalue weighted by molar-refractivity contribution is 7.89. The summed E-state index contributed by atoms with van der Waals surface area (Å²) in [7, 11) is -4.23. The normalized spacial score (nSPS) is 20.4. The summed E-state index contributed by atoms with van der Waals surface area (Å²) in [5.74, 6) is -1.20. The molecule has 1 atom stereocenters. The molecule has 0 spiro atoms. The monoisotopic (exact) mass is 318 g/mol. The Morgan fingerprint density at radius 1 is 1.43 bits per heavy atom. The Bertz CT molecular complexity index is 649. The van der Waals surface area contributed by atoms with Crippen molar-refractivity contribution in [2.45, 2.75) is 30.2 Å². The number of aliphatic hydroxyl groups excluding tert-OH is 1. The SMILES string of the molecule is O=[N+]([O-])c1c(F)cccc1S(=O)(=O)N1CCCCC1CO. The number of halogens is 1. The molecule has 0 aromatic heterocycles.